The van der Waals surface area contributed by atoms with Gasteiger partial charge in [-0.05, 0) is 25.8 Å². The fourth-order valence-corrected chi connectivity index (χ4v) is 8.22. The molecule has 1 unspecified atom stereocenters. The number of aromatic nitrogens is 4. The summed E-state index contributed by atoms with van der Waals surface area (Å²) in [5.41, 5.74) is 1.03. The second kappa shape index (κ2) is 14.9. The number of carbonyl (C=O) groups excluding carboxylic acids is 3. The highest BCUT2D eigenvalue weighted by Gasteiger charge is 2.38. The molecule has 0 saturated carbocycles. The number of ketones is 1. The number of anilines is 1. The van der Waals surface area contributed by atoms with Crippen LogP contribution < -0.4 is 15.4 Å². The molecule has 0 spiro atoms. The van der Waals surface area contributed by atoms with Crippen LogP contribution in [0.1, 0.15) is 58.6 Å². The number of hydrogen-bond acceptors (Lipinski definition) is 12. The molecule has 42 heavy (non-hydrogen) atoms. The Morgan fingerprint density at radius 3 is 2.71 bits per heavy atom. The van der Waals surface area contributed by atoms with Crippen molar-refractivity contribution in [2.24, 2.45) is 0 Å². The van der Waals surface area contributed by atoms with E-state index in [1.807, 2.05) is 22.3 Å². The molecule has 2 aromatic rings. The van der Waals surface area contributed by atoms with Crippen molar-refractivity contribution in [2.45, 2.75) is 102 Å². The third-order valence-electron chi connectivity index (χ3n) is 7.01. The number of ether oxygens (including phenoxy) is 3. The van der Waals surface area contributed by atoms with Gasteiger partial charge in [0.15, 0.2) is 11.2 Å². The first-order chi connectivity index (χ1) is 20.0. The number of hydrogen-bond donors (Lipinski definition) is 2. The summed E-state index contributed by atoms with van der Waals surface area (Å²) in [5, 5.41) is 6.36. The minimum Gasteiger partial charge on any atom is -0.476 e. The molecular weight excluding hydrogens is 597 g/mol. The highest BCUT2D eigenvalue weighted by molar-refractivity contribution is 8.77. The number of nitrogens with one attached hydrogen (secondary N) is 2. The Balaban J connectivity index is 1.49. The predicted octanol–water partition coefficient (Wildman–Crippen LogP) is 4.55. The van der Waals surface area contributed by atoms with Crippen molar-refractivity contribution in [2.75, 3.05) is 24.3 Å². The number of imidazole rings is 1. The lowest BCUT2D eigenvalue weighted by Crippen LogP contribution is -2.31. The molecular formula is C27H42N6O6S2Si. The van der Waals surface area contributed by atoms with Crippen LogP contribution in [-0.2, 0) is 23.9 Å². The van der Waals surface area contributed by atoms with E-state index in [-0.39, 0.29) is 37.3 Å². The van der Waals surface area contributed by atoms with Crippen LogP contribution in [0.3, 0.4) is 0 Å². The van der Waals surface area contributed by atoms with Crippen molar-refractivity contribution in [3.8, 4) is 5.88 Å². The zero-order chi connectivity index (χ0) is 30.3. The van der Waals surface area contributed by atoms with Gasteiger partial charge in [0.2, 0.25) is 17.7 Å². The maximum absolute atomic E-state index is 12.4. The van der Waals surface area contributed by atoms with E-state index in [9.17, 15) is 14.4 Å². The number of amides is 1. The molecule has 1 amide bonds. The molecule has 232 valence electrons. The third-order valence-corrected chi connectivity index (χ3v) is 11.7. The molecule has 0 bridgehead atoms. The van der Waals surface area contributed by atoms with Crippen LogP contribution >= 0.6 is 21.6 Å². The van der Waals surface area contributed by atoms with Gasteiger partial charge >= 0.3 is 5.97 Å². The molecule has 0 aromatic carbocycles. The van der Waals surface area contributed by atoms with Gasteiger partial charge in [0.1, 0.15) is 18.1 Å². The molecule has 4 heterocycles. The van der Waals surface area contributed by atoms with E-state index in [2.05, 4.69) is 40.2 Å². The van der Waals surface area contributed by atoms with Crippen molar-refractivity contribution in [3.05, 3.63) is 6.33 Å². The minimum atomic E-state index is -1.34. The van der Waals surface area contributed by atoms with E-state index < -0.39 is 26.4 Å². The second-order valence-corrected chi connectivity index (χ2v) is 20.2. The second-order valence-electron chi connectivity index (χ2n) is 11.8. The molecule has 15 heteroatoms. The summed E-state index contributed by atoms with van der Waals surface area (Å²) in [5.74, 6) is 1.26. The van der Waals surface area contributed by atoms with Gasteiger partial charge in [0, 0.05) is 38.3 Å². The summed E-state index contributed by atoms with van der Waals surface area (Å²) in [6, 6.07) is 0.954. The smallest absolute Gasteiger partial charge is 0.306 e. The van der Waals surface area contributed by atoms with E-state index in [4.69, 9.17) is 19.2 Å². The first-order valence-corrected chi connectivity index (χ1v) is 20.6. The Morgan fingerprint density at radius 2 is 2.02 bits per heavy atom. The predicted molar refractivity (Wildman–Crippen MR) is 167 cm³/mol. The van der Waals surface area contributed by atoms with Crippen LogP contribution in [-0.4, -0.2) is 81.7 Å². The standard InChI is InChI=1S/C27H42N6O6S2Si/c1-6-19-20(39-23(36)8-7-17(2)34)14-22(38-19)33-16-30-24-25(33)31-27(32-26(24)37-10-12-42(3,4)5)29-15-28-21(35)13-18-9-11-40-41-18/h16,18-20,22H,6-15H2,1-5H3,(H,28,35)(H,29,31,32)/t18?,19-,20-,22-/m1/s1. The first kappa shape index (κ1) is 32.5. The van der Waals surface area contributed by atoms with Gasteiger partial charge in [-0.15, -0.1) is 0 Å². The summed E-state index contributed by atoms with van der Waals surface area (Å²) >= 11 is 0. The molecule has 0 aliphatic carbocycles. The van der Waals surface area contributed by atoms with E-state index in [1.54, 1.807) is 17.1 Å². The summed E-state index contributed by atoms with van der Waals surface area (Å²) in [6.07, 6.45) is 3.23. The Kier molecular flexibility index (Phi) is 11.5. The van der Waals surface area contributed by atoms with Crippen molar-refractivity contribution in [1.29, 1.82) is 0 Å². The zero-order valence-electron chi connectivity index (χ0n) is 25.0. The fraction of sp³-hybridized carbons (Fsp3) is 0.704. The molecule has 2 saturated heterocycles. The summed E-state index contributed by atoms with van der Waals surface area (Å²) in [6.45, 7) is 11.0. The molecule has 2 N–H and O–H groups in total. The van der Waals surface area contributed by atoms with Crippen molar-refractivity contribution < 1.29 is 28.6 Å². The van der Waals surface area contributed by atoms with Gasteiger partial charge in [-0.1, -0.05) is 48.2 Å². The van der Waals surface area contributed by atoms with E-state index in [1.165, 1.54) is 6.92 Å². The van der Waals surface area contributed by atoms with Crippen molar-refractivity contribution in [1.82, 2.24) is 24.8 Å². The Bertz CT molecular complexity index is 1250. The van der Waals surface area contributed by atoms with Crippen LogP contribution in [0.25, 0.3) is 11.2 Å². The van der Waals surface area contributed by atoms with Crippen LogP contribution in [0.5, 0.6) is 5.88 Å². The quantitative estimate of drug-likeness (QED) is 0.122. The molecule has 4 atom stereocenters. The highest BCUT2D eigenvalue weighted by Crippen LogP contribution is 2.39. The molecule has 4 rings (SSSR count). The summed E-state index contributed by atoms with van der Waals surface area (Å²) in [4.78, 5) is 49.9. The normalized spacial score (nSPS) is 22.3. The number of esters is 1. The van der Waals surface area contributed by atoms with E-state index >= 15 is 0 Å². The largest absolute Gasteiger partial charge is 0.476 e. The SMILES string of the molecule is CC[C@H]1O[C@@H](n2cnc3c(OCC[Si](C)(C)C)nc(NCNC(=O)CC4CCSS4)nc32)C[C@H]1OC(=O)CCC(C)=O. The number of nitrogens with zero attached hydrogens (tertiary/aromatic N) is 4. The Labute approximate surface area is 255 Å². The molecule has 0 radical (unpaired) electrons. The minimum absolute atomic E-state index is 0.0194. The lowest BCUT2D eigenvalue weighted by atomic mass is 10.1. The average Bonchev–Trinajstić information content (AvgIpc) is 3.67. The van der Waals surface area contributed by atoms with Gasteiger partial charge in [-0.25, -0.2) is 4.98 Å². The topological polar surface area (TPSA) is 147 Å². The monoisotopic (exact) mass is 638 g/mol. The van der Waals surface area contributed by atoms with Crippen LogP contribution in [0.4, 0.5) is 5.95 Å². The van der Waals surface area contributed by atoms with Crippen molar-refractivity contribution >= 4 is 64.4 Å². The third kappa shape index (κ3) is 9.32. The molecule has 2 aliphatic heterocycles. The molecule has 2 aromatic heterocycles. The first-order valence-electron chi connectivity index (χ1n) is 14.5. The maximum atomic E-state index is 12.4. The van der Waals surface area contributed by atoms with Gasteiger partial charge in [0.25, 0.3) is 0 Å². The molecule has 2 fully saturated rings. The number of rotatable bonds is 15. The maximum Gasteiger partial charge on any atom is 0.306 e. The fourth-order valence-electron chi connectivity index (χ4n) is 4.61. The number of fused-ring (bicyclic) bond motifs is 1. The van der Waals surface area contributed by atoms with Crippen LogP contribution in [0.15, 0.2) is 6.33 Å². The Morgan fingerprint density at radius 1 is 1.21 bits per heavy atom. The van der Waals surface area contributed by atoms with Gasteiger partial charge in [0.05, 0.1) is 32.1 Å². The summed E-state index contributed by atoms with van der Waals surface area (Å²) < 4.78 is 19.9. The summed E-state index contributed by atoms with van der Waals surface area (Å²) in [7, 11) is 2.24. The van der Waals surface area contributed by atoms with Crippen molar-refractivity contribution in [3.63, 3.8) is 0 Å². The van der Waals surface area contributed by atoms with E-state index in [0.717, 1.165) is 18.2 Å². The molecule has 2 aliphatic rings. The Hall–Kier alpha value is -2.36. The van der Waals surface area contributed by atoms with Crippen LogP contribution in [0.2, 0.25) is 25.7 Å². The van der Waals surface area contributed by atoms with Gasteiger partial charge in [-0.2, -0.15) is 9.97 Å². The number of carbonyl (C=O) groups is 3. The number of Topliss-reactive ketones (excluding diaryl/α,β-unsaturated/α-hetero) is 1. The average molecular weight is 639 g/mol. The molecule has 12 nitrogen and oxygen atoms in total. The lowest BCUT2D eigenvalue weighted by Gasteiger charge is -2.17. The van der Waals surface area contributed by atoms with Gasteiger partial charge < -0.3 is 29.6 Å². The zero-order valence-corrected chi connectivity index (χ0v) is 27.6. The van der Waals surface area contributed by atoms with Crippen LogP contribution in [0, 0.1) is 0 Å². The highest BCUT2D eigenvalue weighted by atomic mass is 33.1. The van der Waals surface area contributed by atoms with E-state index in [0.29, 0.717) is 54.1 Å². The lowest BCUT2D eigenvalue weighted by molar-refractivity contribution is -0.152. The van der Waals surface area contributed by atoms with Gasteiger partial charge in [-0.3, -0.25) is 14.2 Å².